The Balaban J connectivity index is 1.23. The maximum Gasteiger partial charge on any atom is 0.257 e. The van der Waals surface area contributed by atoms with Crippen molar-refractivity contribution in [2.75, 3.05) is 37.1 Å². The molecule has 0 spiro atoms. The molecule has 11 heteroatoms. The van der Waals surface area contributed by atoms with Gasteiger partial charge in [-0.05, 0) is 38.0 Å². The summed E-state index contributed by atoms with van der Waals surface area (Å²) in [4.78, 5) is 26.3. The number of hydrogen-bond acceptors (Lipinski definition) is 8. The number of halogens is 2. The van der Waals surface area contributed by atoms with E-state index >= 15 is 0 Å². The van der Waals surface area contributed by atoms with Gasteiger partial charge in [0.05, 0.1) is 29.7 Å². The molecule has 9 nitrogen and oxygen atoms in total. The number of nitrogens with zero attached hydrogens (tertiary/aromatic N) is 4. The summed E-state index contributed by atoms with van der Waals surface area (Å²) in [5, 5.41) is 5.88. The van der Waals surface area contributed by atoms with Gasteiger partial charge in [-0.1, -0.05) is 0 Å². The molecule has 200 valence electrons. The zero-order chi connectivity index (χ0) is 27.0. The normalized spacial score (nSPS) is 19.2. The number of nitrogens with two attached hydrogens (primary N) is 1. The molecule has 1 amide bonds. The summed E-state index contributed by atoms with van der Waals surface area (Å²) < 4.78 is 33.6. The van der Waals surface area contributed by atoms with Gasteiger partial charge in [0.15, 0.2) is 0 Å². The van der Waals surface area contributed by atoms with E-state index in [1.165, 1.54) is 31.4 Å². The fourth-order valence-electron chi connectivity index (χ4n) is 5.28. The number of amides is 1. The van der Waals surface area contributed by atoms with Crippen LogP contribution in [-0.2, 0) is 13.1 Å². The van der Waals surface area contributed by atoms with Crippen LogP contribution in [0.25, 0.3) is 0 Å². The van der Waals surface area contributed by atoms with Crippen molar-refractivity contribution in [2.45, 2.75) is 44.9 Å². The molecule has 3 aromatic rings. The number of nitrogens with one attached hydrogen (secondary N) is 2. The number of carbonyl (C=O) groups is 1. The lowest BCUT2D eigenvalue weighted by atomic mass is 9.96. The predicted molar refractivity (Wildman–Crippen MR) is 141 cm³/mol. The number of benzene rings is 2. The van der Waals surface area contributed by atoms with Crippen LogP contribution in [0.5, 0.6) is 5.75 Å². The fraction of sp³-hybridized carbons (Fsp3) is 0.370. The maximum atomic E-state index is 14.7. The van der Waals surface area contributed by atoms with E-state index in [4.69, 9.17) is 10.5 Å². The number of likely N-dealkylation sites (tertiary alicyclic amines) is 1. The van der Waals surface area contributed by atoms with E-state index in [1.54, 1.807) is 24.2 Å². The first-order valence-electron chi connectivity index (χ1n) is 12.5. The Morgan fingerprint density at radius 2 is 2.00 bits per heavy atom. The van der Waals surface area contributed by atoms with Crippen molar-refractivity contribution in [3.63, 3.8) is 0 Å². The van der Waals surface area contributed by atoms with Crippen LogP contribution in [0.3, 0.4) is 0 Å². The summed E-state index contributed by atoms with van der Waals surface area (Å²) in [6.07, 6.45) is 3.32. The molecule has 2 aliphatic rings. The Hall–Kier alpha value is -3.99. The quantitative estimate of drug-likeness (QED) is 0.414. The number of anilines is 4. The lowest BCUT2D eigenvalue weighted by Crippen LogP contribution is -2.50. The molecular formula is C27H31F2N7O2. The number of hydrogen-bond donors (Lipinski definition) is 3. The Labute approximate surface area is 220 Å². The standard InChI is InChI=1S/C27H31F2N7O2/c1-15-6-19(4-5-36(15)26(37)21-10-23(30)24(31-2)11-22(21)29)35-13-16-12-32-27(34-25(16)14-35)33-18-7-17(28)8-20(9-18)38-3/h7-12,15,19,31H,4-6,13-14,30H2,1-3H3,(H,32,33,34)/t15-,19?/m1/s1. The lowest BCUT2D eigenvalue weighted by molar-refractivity contribution is 0.0456. The van der Waals surface area contributed by atoms with Crippen LogP contribution < -0.4 is 21.1 Å². The summed E-state index contributed by atoms with van der Waals surface area (Å²) in [7, 11) is 3.14. The van der Waals surface area contributed by atoms with Crippen molar-refractivity contribution in [1.82, 2.24) is 19.8 Å². The van der Waals surface area contributed by atoms with Gasteiger partial charge in [-0.15, -0.1) is 0 Å². The van der Waals surface area contributed by atoms with Crippen LogP contribution in [0.4, 0.5) is 31.8 Å². The van der Waals surface area contributed by atoms with Crippen LogP contribution in [0.2, 0.25) is 0 Å². The number of carbonyl (C=O) groups excluding carboxylic acids is 1. The number of methoxy groups -OCH3 is 1. The highest BCUT2D eigenvalue weighted by Gasteiger charge is 2.35. The largest absolute Gasteiger partial charge is 0.497 e. The van der Waals surface area contributed by atoms with E-state index in [1.807, 2.05) is 6.92 Å². The van der Waals surface area contributed by atoms with E-state index < -0.39 is 11.6 Å². The monoisotopic (exact) mass is 523 g/mol. The van der Waals surface area contributed by atoms with E-state index in [0.717, 1.165) is 24.1 Å². The third-order valence-electron chi connectivity index (χ3n) is 7.31. The number of aromatic nitrogens is 2. The van der Waals surface area contributed by atoms with Crippen LogP contribution in [-0.4, -0.2) is 58.5 Å². The van der Waals surface area contributed by atoms with E-state index in [2.05, 4.69) is 25.5 Å². The molecule has 5 rings (SSSR count). The molecular weight excluding hydrogens is 492 g/mol. The highest BCUT2D eigenvalue weighted by Crippen LogP contribution is 2.32. The zero-order valence-electron chi connectivity index (χ0n) is 21.6. The third kappa shape index (κ3) is 5.06. The second-order valence-corrected chi connectivity index (χ2v) is 9.77. The van der Waals surface area contributed by atoms with Gasteiger partial charge in [0.1, 0.15) is 17.4 Å². The second kappa shape index (κ2) is 10.4. The Morgan fingerprint density at radius 3 is 2.74 bits per heavy atom. The molecule has 2 aromatic carbocycles. The smallest absolute Gasteiger partial charge is 0.257 e. The average Bonchev–Trinajstić information content (AvgIpc) is 3.32. The van der Waals surface area contributed by atoms with Gasteiger partial charge in [0.25, 0.3) is 5.91 Å². The highest BCUT2D eigenvalue weighted by molar-refractivity contribution is 5.96. The molecule has 0 saturated carbocycles. The summed E-state index contributed by atoms with van der Waals surface area (Å²) in [5.74, 6) is -0.558. The molecule has 38 heavy (non-hydrogen) atoms. The van der Waals surface area contributed by atoms with Gasteiger partial charge in [-0.25, -0.2) is 18.7 Å². The minimum absolute atomic E-state index is 0.00778. The van der Waals surface area contributed by atoms with Crippen molar-refractivity contribution < 1.29 is 18.3 Å². The summed E-state index contributed by atoms with van der Waals surface area (Å²) in [5.41, 5.74) is 9.22. The Bertz CT molecular complexity index is 1370. The minimum atomic E-state index is -0.586. The number of rotatable bonds is 6. The van der Waals surface area contributed by atoms with E-state index in [0.29, 0.717) is 48.4 Å². The molecule has 1 saturated heterocycles. The van der Waals surface area contributed by atoms with E-state index in [9.17, 15) is 13.6 Å². The molecule has 0 bridgehead atoms. The molecule has 4 N–H and O–H groups in total. The van der Waals surface area contributed by atoms with Gasteiger partial charge in [0.2, 0.25) is 5.95 Å². The van der Waals surface area contributed by atoms with Crippen molar-refractivity contribution in [1.29, 1.82) is 0 Å². The van der Waals surface area contributed by atoms with E-state index in [-0.39, 0.29) is 23.6 Å². The minimum Gasteiger partial charge on any atom is -0.497 e. The summed E-state index contributed by atoms with van der Waals surface area (Å²) in [6.45, 7) is 3.88. The Morgan fingerprint density at radius 1 is 1.18 bits per heavy atom. The lowest BCUT2D eigenvalue weighted by Gasteiger charge is -2.41. The SMILES string of the molecule is CNc1cc(F)c(C(=O)N2CCC(N3Cc4cnc(Nc5cc(F)cc(OC)c5)nc4C3)C[C@H]2C)cc1N. The van der Waals surface area contributed by atoms with Crippen LogP contribution >= 0.6 is 0 Å². The number of ether oxygens (including phenoxy) is 1. The molecule has 1 fully saturated rings. The predicted octanol–water partition coefficient (Wildman–Crippen LogP) is 4.14. The van der Waals surface area contributed by atoms with Crippen LogP contribution in [0.15, 0.2) is 36.5 Å². The zero-order valence-corrected chi connectivity index (χ0v) is 21.6. The third-order valence-corrected chi connectivity index (χ3v) is 7.31. The number of piperidine rings is 1. The van der Waals surface area contributed by atoms with Crippen molar-refractivity contribution in [2.24, 2.45) is 0 Å². The van der Waals surface area contributed by atoms with Gasteiger partial charge in [-0.3, -0.25) is 9.69 Å². The molecule has 1 aromatic heterocycles. The maximum absolute atomic E-state index is 14.7. The first kappa shape index (κ1) is 25.7. The average molecular weight is 524 g/mol. The van der Waals surface area contributed by atoms with Gasteiger partial charge in [-0.2, -0.15) is 0 Å². The van der Waals surface area contributed by atoms with Crippen LogP contribution in [0, 0.1) is 11.6 Å². The second-order valence-electron chi connectivity index (χ2n) is 9.77. The van der Waals surface area contributed by atoms with Gasteiger partial charge < -0.3 is 26.0 Å². The molecule has 2 aliphatic heterocycles. The van der Waals surface area contributed by atoms with Crippen molar-refractivity contribution in [3.05, 3.63) is 65.0 Å². The molecule has 0 radical (unpaired) electrons. The van der Waals surface area contributed by atoms with Crippen molar-refractivity contribution >= 4 is 28.9 Å². The highest BCUT2D eigenvalue weighted by atomic mass is 19.1. The topological polar surface area (TPSA) is 109 Å². The molecule has 1 unspecified atom stereocenters. The number of fused-ring (bicyclic) bond motifs is 1. The van der Waals surface area contributed by atoms with Gasteiger partial charge in [0, 0.05) is 68.3 Å². The first-order valence-corrected chi connectivity index (χ1v) is 12.5. The summed E-state index contributed by atoms with van der Waals surface area (Å²) >= 11 is 0. The van der Waals surface area contributed by atoms with Crippen molar-refractivity contribution in [3.8, 4) is 5.75 Å². The molecule has 0 aliphatic carbocycles. The fourth-order valence-corrected chi connectivity index (χ4v) is 5.28. The van der Waals surface area contributed by atoms with Crippen LogP contribution in [0.1, 0.15) is 41.4 Å². The Kier molecular flexibility index (Phi) is 7.02. The van der Waals surface area contributed by atoms with Gasteiger partial charge >= 0.3 is 0 Å². The number of nitrogen functional groups attached to an aromatic ring is 1. The molecule has 2 atom stereocenters. The first-order chi connectivity index (χ1) is 18.2. The molecule has 3 heterocycles. The summed E-state index contributed by atoms with van der Waals surface area (Å²) in [6, 6.07) is 7.18.